The maximum Gasteiger partial charge on any atom is 0.266 e. The number of furan rings is 1. The molecule has 3 aromatic rings. The van der Waals surface area contributed by atoms with Crippen LogP contribution in [0, 0.1) is 0 Å². The molecule has 4 rings (SSSR count). The third-order valence-corrected chi connectivity index (χ3v) is 4.58. The lowest BCUT2D eigenvalue weighted by Gasteiger charge is -2.25. The molecule has 0 unspecified atom stereocenters. The van der Waals surface area contributed by atoms with Gasteiger partial charge in [0.2, 0.25) is 5.91 Å². The van der Waals surface area contributed by atoms with Crippen molar-refractivity contribution in [2.45, 2.75) is 19.1 Å². The molecule has 2 aromatic carbocycles. The summed E-state index contributed by atoms with van der Waals surface area (Å²) in [6.07, 6.45) is -0.943. The van der Waals surface area contributed by atoms with Crippen molar-refractivity contribution in [3.05, 3.63) is 71.4 Å². The molecule has 0 bridgehead atoms. The van der Waals surface area contributed by atoms with Gasteiger partial charge in [0.1, 0.15) is 17.3 Å². The lowest BCUT2D eigenvalue weighted by atomic mass is 10.1. The molecule has 0 fully saturated rings. The average Bonchev–Trinajstić information content (AvgIpc) is 3.16. The van der Waals surface area contributed by atoms with Crippen LogP contribution in [0.4, 0.5) is 5.69 Å². The second kappa shape index (κ2) is 7.78. The number of nitrogens with one attached hydrogen (secondary N) is 2. The Bertz CT molecular complexity index is 1010. The smallest absolute Gasteiger partial charge is 0.266 e. The topological polar surface area (TPSA) is 80.6 Å². The minimum Gasteiger partial charge on any atom is -0.478 e. The first-order chi connectivity index (χ1) is 13.6. The van der Waals surface area contributed by atoms with Crippen molar-refractivity contribution in [3.63, 3.8) is 0 Å². The summed E-state index contributed by atoms with van der Waals surface area (Å²) in [7, 11) is 0. The number of halogens is 1. The first-order valence-electron chi connectivity index (χ1n) is 8.76. The Hall–Kier alpha value is -3.25. The molecule has 0 aliphatic carbocycles. The van der Waals surface area contributed by atoms with Crippen LogP contribution in [-0.2, 0) is 16.1 Å². The second-order valence-electron chi connectivity index (χ2n) is 6.35. The van der Waals surface area contributed by atoms with Crippen molar-refractivity contribution in [2.75, 3.05) is 5.32 Å². The van der Waals surface area contributed by atoms with Crippen molar-refractivity contribution in [1.29, 1.82) is 0 Å². The van der Waals surface area contributed by atoms with Crippen LogP contribution in [0.2, 0.25) is 5.02 Å². The first kappa shape index (κ1) is 18.1. The van der Waals surface area contributed by atoms with E-state index in [1.807, 2.05) is 24.3 Å². The zero-order valence-electron chi connectivity index (χ0n) is 14.8. The highest BCUT2D eigenvalue weighted by Gasteiger charge is 2.29. The Labute approximate surface area is 166 Å². The predicted molar refractivity (Wildman–Crippen MR) is 105 cm³/mol. The molecule has 1 aliphatic rings. The van der Waals surface area contributed by atoms with E-state index >= 15 is 0 Å². The van der Waals surface area contributed by atoms with E-state index in [9.17, 15) is 9.59 Å². The molecular formula is C21H17ClN2O4. The number of fused-ring (bicyclic) bond motifs is 1. The number of amides is 2. The molecule has 1 aromatic heterocycles. The summed E-state index contributed by atoms with van der Waals surface area (Å²) in [5.74, 6) is 1.21. The van der Waals surface area contributed by atoms with Gasteiger partial charge in [0.25, 0.3) is 5.91 Å². The number of ether oxygens (including phenoxy) is 1. The molecule has 1 aliphatic heterocycles. The lowest BCUT2D eigenvalue weighted by Crippen LogP contribution is -2.40. The maximum absolute atomic E-state index is 12.2. The molecule has 28 heavy (non-hydrogen) atoms. The van der Waals surface area contributed by atoms with Crippen molar-refractivity contribution in [2.24, 2.45) is 0 Å². The standard InChI is InChI=1S/C21H17ClN2O4/c22-14-7-5-13(6-8-14)17-10-9-15(27-17)12-23-20(25)11-19-21(26)24-16-3-1-2-4-18(16)28-19/h1-10,19H,11-12H2,(H,23,25)(H,24,26)/t19-/m0/s1. The van der Waals surface area contributed by atoms with Crippen LogP contribution >= 0.6 is 11.6 Å². The number of para-hydroxylation sites is 2. The molecule has 142 valence electrons. The monoisotopic (exact) mass is 396 g/mol. The van der Waals surface area contributed by atoms with Gasteiger partial charge in [0.15, 0.2) is 6.10 Å². The molecule has 0 saturated carbocycles. The highest BCUT2D eigenvalue weighted by molar-refractivity contribution is 6.30. The SMILES string of the molecule is O=C(C[C@@H]1Oc2ccccc2NC1=O)NCc1ccc(-c2ccc(Cl)cc2)o1. The number of carbonyl (C=O) groups excluding carboxylic acids is 2. The minimum atomic E-state index is -0.865. The molecule has 2 heterocycles. The fraction of sp³-hybridized carbons (Fsp3) is 0.143. The van der Waals surface area contributed by atoms with Crippen LogP contribution < -0.4 is 15.4 Å². The number of benzene rings is 2. The van der Waals surface area contributed by atoms with Gasteiger partial charge in [-0.25, -0.2) is 0 Å². The lowest BCUT2D eigenvalue weighted by molar-refractivity contribution is -0.130. The number of rotatable bonds is 5. The third kappa shape index (κ3) is 4.02. The van der Waals surface area contributed by atoms with Gasteiger partial charge in [-0.3, -0.25) is 9.59 Å². The van der Waals surface area contributed by atoms with Gasteiger partial charge in [0.05, 0.1) is 18.7 Å². The maximum atomic E-state index is 12.2. The normalized spacial score (nSPS) is 15.3. The summed E-state index contributed by atoms with van der Waals surface area (Å²) in [6, 6.07) is 18.0. The van der Waals surface area contributed by atoms with E-state index in [-0.39, 0.29) is 24.8 Å². The van der Waals surface area contributed by atoms with Crippen molar-refractivity contribution in [1.82, 2.24) is 5.32 Å². The summed E-state index contributed by atoms with van der Waals surface area (Å²) in [4.78, 5) is 24.3. The summed E-state index contributed by atoms with van der Waals surface area (Å²) in [6.45, 7) is 0.220. The minimum absolute atomic E-state index is 0.0785. The fourth-order valence-electron chi connectivity index (χ4n) is 2.90. The number of hydrogen-bond acceptors (Lipinski definition) is 4. The van der Waals surface area contributed by atoms with Crippen molar-refractivity contribution < 1.29 is 18.7 Å². The van der Waals surface area contributed by atoms with Gasteiger partial charge < -0.3 is 19.8 Å². The van der Waals surface area contributed by atoms with Crippen LogP contribution in [-0.4, -0.2) is 17.9 Å². The Morgan fingerprint density at radius 2 is 1.86 bits per heavy atom. The summed E-state index contributed by atoms with van der Waals surface area (Å²) >= 11 is 5.89. The third-order valence-electron chi connectivity index (χ3n) is 4.33. The molecular weight excluding hydrogens is 380 g/mol. The Balaban J connectivity index is 1.33. The Kier molecular flexibility index (Phi) is 5.04. The molecule has 7 heteroatoms. The number of carbonyl (C=O) groups is 2. The Morgan fingerprint density at radius 3 is 2.68 bits per heavy atom. The molecule has 0 radical (unpaired) electrons. The van der Waals surface area contributed by atoms with E-state index < -0.39 is 6.10 Å². The quantitative estimate of drug-likeness (QED) is 0.683. The highest BCUT2D eigenvalue weighted by atomic mass is 35.5. The molecule has 2 N–H and O–H groups in total. The van der Waals surface area contributed by atoms with Gasteiger partial charge in [-0.1, -0.05) is 23.7 Å². The summed E-state index contributed by atoms with van der Waals surface area (Å²) < 4.78 is 11.4. The molecule has 0 saturated heterocycles. The van der Waals surface area contributed by atoms with Crippen LogP contribution in [0.25, 0.3) is 11.3 Å². The predicted octanol–water partition coefficient (Wildman–Crippen LogP) is 4.01. The largest absolute Gasteiger partial charge is 0.478 e. The van der Waals surface area contributed by atoms with E-state index in [0.29, 0.717) is 28.0 Å². The Morgan fingerprint density at radius 1 is 1.07 bits per heavy atom. The fourth-order valence-corrected chi connectivity index (χ4v) is 3.02. The van der Waals surface area contributed by atoms with Gasteiger partial charge in [0, 0.05) is 10.6 Å². The van der Waals surface area contributed by atoms with E-state index in [1.54, 1.807) is 36.4 Å². The number of anilines is 1. The van der Waals surface area contributed by atoms with Gasteiger partial charge in [-0.05, 0) is 48.5 Å². The van der Waals surface area contributed by atoms with Gasteiger partial charge in [-0.15, -0.1) is 0 Å². The zero-order valence-corrected chi connectivity index (χ0v) is 15.5. The zero-order chi connectivity index (χ0) is 19.5. The van der Waals surface area contributed by atoms with Gasteiger partial charge >= 0.3 is 0 Å². The molecule has 1 atom stereocenters. The van der Waals surface area contributed by atoms with E-state index in [1.165, 1.54) is 0 Å². The molecule has 6 nitrogen and oxygen atoms in total. The molecule has 2 amide bonds. The van der Waals surface area contributed by atoms with Crippen molar-refractivity contribution >= 4 is 29.1 Å². The van der Waals surface area contributed by atoms with Crippen LogP contribution in [0.15, 0.2) is 65.1 Å². The van der Waals surface area contributed by atoms with Crippen LogP contribution in [0.3, 0.4) is 0 Å². The van der Waals surface area contributed by atoms with Crippen LogP contribution in [0.1, 0.15) is 12.2 Å². The van der Waals surface area contributed by atoms with Crippen molar-refractivity contribution in [3.8, 4) is 17.1 Å². The highest BCUT2D eigenvalue weighted by Crippen LogP contribution is 2.29. The second-order valence-corrected chi connectivity index (χ2v) is 6.78. The summed E-state index contributed by atoms with van der Waals surface area (Å²) in [5.41, 5.74) is 1.50. The van der Waals surface area contributed by atoms with E-state index in [2.05, 4.69) is 10.6 Å². The first-order valence-corrected chi connectivity index (χ1v) is 9.14. The molecule has 0 spiro atoms. The van der Waals surface area contributed by atoms with E-state index in [0.717, 1.165) is 5.56 Å². The van der Waals surface area contributed by atoms with Crippen LogP contribution in [0.5, 0.6) is 5.75 Å². The summed E-state index contributed by atoms with van der Waals surface area (Å²) in [5, 5.41) is 6.15. The van der Waals surface area contributed by atoms with E-state index in [4.69, 9.17) is 20.8 Å². The van der Waals surface area contributed by atoms with Gasteiger partial charge in [-0.2, -0.15) is 0 Å². The number of hydrogen-bond donors (Lipinski definition) is 2. The average molecular weight is 397 g/mol.